The molecule has 36 heavy (non-hydrogen) atoms. The molecule has 0 amide bonds. The number of hydrogen-bond donors (Lipinski definition) is 1. The van der Waals surface area contributed by atoms with E-state index in [0.29, 0.717) is 11.3 Å². The molecule has 1 atom stereocenters. The number of nitriles is 1. The third kappa shape index (κ3) is 5.07. The maximum absolute atomic E-state index is 12.8. The molecule has 2 aromatic rings. The number of nitrogens with two attached hydrogens (primary N) is 1. The van der Waals surface area contributed by atoms with E-state index in [0.717, 1.165) is 0 Å². The Morgan fingerprint density at radius 3 is 2.33 bits per heavy atom. The van der Waals surface area contributed by atoms with E-state index in [2.05, 4.69) is 4.74 Å². The standard InChI is InChI=1S/C25H26N2O9/c1-6-33-25(29)20-13(2)35-23(27)16(11-26)21(20)14-9-18(30-3)22(19(10-14)31-4)34-12-15-7-8-17(36-15)24(28)32-5/h7-10,21H,6,12,27H2,1-5H3. The van der Waals surface area contributed by atoms with E-state index in [9.17, 15) is 14.9 Å². The van der Waals surface area contributed by atoms with Crippen LogP contribution in [-0.4, -0.2) is 39.9 Å². The van der Waals surface area contributed by atoms with Gasteiger partial charge in [0.1, 0.15) is 29.8 Å². The summed E-state index contributed by atoms with van der Waals surface area (Å²) in [4.78, 5) is 24.4. The molecule has 11 heteroatoms. The average molecular weight is 498 g/mol. The highest BCUT2D eigenvalue weighted by molar-refractivity contribution is 5.92. The van der Waals surface area contributed by atoms with Gasteiger partial charge in [0.15, 0.2) is 11.5 Å². The van der Waals surface area contributed by atoms with Crippen LogP contribution in [0.15, 0.2) is 51.5 Å². The molecule has 1 aliphatic heterocycles. The summed E-state index contributed by atoms with van der Waals surface area (Å²) in [5.74, 6) is -0.910. The van der Waals surface area contributed by atoms with Gasteiger partial charge in [-0.05, 0) is 43.7 Å². The second-order valence-corrected chi connectivity index (χ2v) is 7.42. The third-order valence-corrected chi connectivity index (χ3v) is 5.32. The first-order valence-corrected chi connectivity index (χ1v) is 10.8. The van der Waals surface area contributed by atoms with Crippen LogP contribution in [-0.2, 0) is 25.6 Å². The topological polar surface area (TPSA) is 152 Å². The van der Waals surface area contributed by atoms with Crippen molar-refractivity contribution in [3.05, 3.63) is 64.1 Å². The van der Waals surface area contributed by atoms with Crippen LogP contribution in [0.4, 0.5) is 0 Å². The predicted octanol–water partition coefficient (Wildman–Crippen LogP) is 3.31. The number of carbonyl (C=O) groups is 2. The van der Waals surface area contributed by atoms with Gasteiger partial charge in [-0.25, -0.2) is 9.59 Å². The fourth-order valence-corrected chi connectivity index (χ4v) is 3.71. The molecule has 1 aromatic carbocycles. The van der Waals surface area contributed by atoms with Crippen molar-refractivity contribution in [2.24, 2.45) is 5.73 Å². The van der Waals surface area contributed by atoms with Crippen molar-refractivity contribution in [2.75, 3.05) is 27.9 Å². The summed E-state index contributed by atoms with van der Waals surface area (Å²) in [6, 6.07) is 8.28. The van der Waals surface area contributed by atoms with Crippen molar-refractivity contribution in [1.82, 2.24) is 0 Å². The van der Waals surface area contributed by atoms with E-state index in [-0.39, 0.29) is 59.0 Å². The summed E-state index contributed by atoms with van der Waals surface area (Å²) < 4.78 is 37.7. The van der Waals surface area contributed by atoms with Crippen molar-refractivity contribution < 1.29 is 42.4 Å². The summed E-state index contributed by atoms with van der Waals surface area (Å²) in [5, 5.41) is 9.81. The van der Waals surface area contributed by atoms with Gasteiger partial charge in [0, 0.05) is 0 Å². The second-order valence-electron chi connectivity index (χ2n) is 7.42. The van der Waals surface area contributed by atoms with Gasteiger partial charge in [-0.3, -0.25) is 0 Å². The molecular formula is C25H26N2O9. The number of furan rings is 1. The molecule has 3 rings (SSSR count). The van der Waals surface area contributed by atoms with Crippen LogP contribution in [0, 0.1) is 11.3 Å². The van der Waals surface area contributed by atoms with E-state index in [1.807, 2.05) is 6.07 Å². The number of allylic oxidation sites excluding steroid dienone is 2. The molecule has 1 unspecified atom stereocenters. The summed E-state index contributed by atoms with van der Waals surface area (Å²) in [5.41, 5.74) is 6.61. The second kappa shape index (κ2) is 11.2. The number of carbonyl (C=O) groups excluding carboxylic acids is 2. The number of ether oxygens (including phenoxy) is 6. The van der Waals surface area contributed by atoms with Crippen LogP contribution >= 0.6 is 0 Å². The minimum atomic E-state index is -0.896. The maximum Gasteiger partial charge on any atom is 0.373 e. The Labute approximate surface area is 207 Å². The highest BCUT2D eigenvalue weighted by Crippen LogP contribution is 2.46. The first-order chi connectivity index (χ1) is 17.3. The lowest BCUT2D eigenvalue weighted by molar-refractivity contribution is -0.139. The molecule has 11 nitrogen and oxygen atoms in total. The van der Waals surface area contributed by atoms with Crippen LogP contribution in [0.1, 0.15) is 41.6 Å². The van der Waals surface area contributed by atoms with Crippen molar-refractivity contribution in [3.8, 4) is 23.3 Å². The Hall–Kier alpha value is -4.59. The summed E-state index contributed by atoms with van der Waals surface area (Å²) in [7, 11) is 4.11. The largest absolute Gasteiger partial charge is 0.493 e. The average Bonchev–Trinajstić information content (AvgIpc) is 3.35. The molecule has 0 radical (unpaired) electrons. The number of methoxy groups -OCH3 is 3. The zero-order valence-corrected chi connectivity index (χ0v) is 20.5. The monoisotopic (exact) mass is 498 g/mol. The minimum absolute atomic E-state index is 0.0342. The van der Waals surface area contributed by atoms with Crippen molar-refractivity contribution in [2.45, 2.75) is 26.4 Å². The molecule has 0 saturated carbocycles. The van der Waals surface area contributed by atoms with E-state index >= 15 is 0 Å². The van der Waals surface area contributed by atoms with E-state index < -0.39 is 17.9 Å². The predicted molar refractivity (Wildman–Crippen MR) is 124 cm³/mol. The molecule has 0 spiro atoms. The lowest BCUT2D eigenvalue weighted by Crippen LogP contribution is -2.25. The highest BCUT2D eigenvalue weighted by atomic mass is 16.6. The zero-order valence-electron chi connectivity index (χ0n) is 20.5. The van der Waals surface area contributed by atoms with Gasteiger partial charge in [-0.2, -0.15) is 5.26 Å². The van der Waals surface area contributed by atoms with Crippen LogP contribution in [0.3, 0.4) is 0 Å². The van der Waals surface area contributed by atoms with E-state index in [1.165, 1.54) is 27.4 Å². The number of esters is 2. The molecular weight excluding hydrogens is 472 g/mol. The molecule has 0 bridgehead atoms. The number of rotatable bonds is 9. The van der Waals surface area contributed by atoms with Crippen LogP contribution in [0.25, 0.3) is 0 Å². The number of benzene rings is 1. The van der Waals surface area contributed by atoms with Gasteiger partial charge in [0.05, 0.1) is 39.4 Å². The van der Waals surface area contributed by atoms with Crippen molar-refractivity contribution >= 4 is 11.9 Å². The van der Waals surface area contributed by atoms with Crippen LogP contribution < -0.4 is 19.9 Å². The van der Waals surface area contributed by atoms with Gasteiger partial charge in [-0.1, -0.05) is 0 Å². The van der Waals surface area contributed by atoms with Crippen molar-refractivity contribution in [3.63, 3.8) is 0 Å². The molecule has 2 heterocycles. The maximum atomic E-state index is 12.8. The minimum Gasteiger partial charge on any atom is -0.493 e. The van der Waals surface area contributed by atoms with E-state index in [4.69, 9.17) is 33.8 Å². The molecule has 0 aliphatic carbocycles. The molecule has 1 aliphatic rings. The Bertz CT molecular complexity index is 1240. The third-order valence-electron chi connectivity index (χ3n) is 5.32. The quantitative estimate of drug-likeness (QED) is 0.507. The van der Waals surface area contributed by atoms with Gasteiger partial charge in [0.2, 0.25) is 17.4 Å². The molecule has 0 saturated heterocycles. The van der Waals surface area contributed by atoms with Crippen molar-refractivity contribution in [1.29, 1.82) is 5.26 Å². The Morgan fingerprint density at radius 1 is 1.11 bits per heavy atom. The fourth-order valence-electron chi connectivity index (χ4n) is 3.71. The fraction of sp³-hybridized carbons (Fsp3) is 0.320. The normalized spacial score (nSPS) is 15.1. The first-order valence-electron chi connectivity index (χ1n) is 10.8. The SMILES string of the molecule is CCOC(=O)C1=C(C)OC(N)=C(C#N)C1c1cc(OC)c(OCc2ccc(C(=O)OC)o2)c(OC)c1. The smallest absolute Gasteiger partial charge is 0.373 e. The lowest BCUT2D eigenvalue weighted by Gasteiger charge is -2.27. The number of nitrogens with zero attached hydrogens (tertiary/aromatic N) is 1. The molecule has 0 fully saturated rings. The lowest BCUT2D eigenvalue weighted by atomic mass is 9.83. The zero-order chi connectivity index (χ0) is 26.4. The highest BCUT2D eigenvalue weighted by Gasteiger charge is 2.37. The summed E-state index contributed by atoms with van der Waals surface area (Å²) in [6.07, 6.45) is 0. The summed E-state index contributed by atoms with van der Waals surface area (Å²) >= 11 is 0. The van der Waals surface area contributed by atoms with E-state index in [1.54, 1.807) is 32.0 Å². The van der Waals surface area contributed by atoms with Gasteiger partial charge in [-0.15, -0.1) is 0 Å². The number of hydrogen-bond acceptors (Lipinski definition) is 11. The molecule has 2 N–H and O–H groups in total. The molecule has 190 valence electrons. The Morgan fingerprint density at radius 2 is 1.78 bits per heavy atom. The first kappa shape index (κ1) is 26.0. The van der Waals surface area contributed by atoms with Crippen LogP contribution in [0.2, 0.25) is 0 Å². The van der Waals surface area contributed by atoms with Gasteiger partial charge in [0.25, 0.3) is 0 Å². The van der Waals surface area contributed by atoms with Crippen LogP contribution in [0.5, 0.6) is 17.2 Å². The van der Waals surface area contributed by atoms with Gasteiger partial charge < -0.3 is 38.6 Å². The Kier molecular flexibility index (Phi) is 8.11. The summed E-state index contributed by atoms with van der Waals surface area (Å²) in [6.45, 7) is 3.32. The molecule has 1 aromatic heterocycles. The van der Waals surface area contributed by atoms with Gasteiger partial charge >= 0.3 is 11.9 Å². The Balaban J connectivity index is 2.04.